The van der Waals surface area contributed by atoms with E-state index >= 15 is 4.39 Å². The Kier molecular flexibility index (Phi) is 5.29. The maximum absolute atomic E-state index is 15.4. The quantitative estimate of drug-likeness (QED) is 0.639. The summed E-state index contributed by atoms with van der Waals surface area (Å²) in [5, 5.41) is 23.0. The van der Waals surface area contributed by atoms with Crippen molar-refractivity contribution in [3.8, 4) is 0 Å². The average molecular weight is 452 g/mol. The Balaban J connectivity index is 1.76. The van der Waals surface area contributed by atoms with E-state index in [1.54, 1.807) is 20.8 Å². The lowest BCUT2D eigenvalue weighted by Crippen LogP contribution is -2.63. The van der Waals surface area contributed by atoms with Gasteiger partial charge in [-0.15, -0.1) is 0 Å². The average Bonchev–Trinajstić information content (AvgIpc) is 2.90. The van der Waals surface area contributed by atoms with E-state index in [9.17, 15) is 29.0 Å². The Morgan fingerprint density at radius 2 is 1.94 bits per heavy atom. The zero-order valence-corrected chi connectivity index (χ0v) is 18.7. The number of carbonyl (C=O) groups is 3. The summed E-state index contributed by atoms with van der Waals surface area (Å²) in [6, 6.07) is 0. The first-order chi connectivity index (χ1) is 14.8. The van der Waals surface area contributed by atoms with Crippen LogP contribution in [0.2, 0.25) is 0 Å². The predicted molar refractivity (Wildman–Crippen MR) is 109 cm³/mol. The molecule has 32 heavy (non-hydrogen) atoms. The van der Waals surface area contributed by atoms with E-state index in [-0.39, 0.29) is 24.3 Å². The summed E-state index contributed by atoms with van der Waals surface area (Å²) in [5.41, 5.74) is -4.31. The van der Waals surface area contributed by atoms with E-state index in [1.165, 1.54) is 13.0 Å². The van der Waals surface area contributed by atoms with Crippen LogP contribution in [-0.2, 0) is 19.1 Å². The predicted octanol–water partition coefficient (Wildman–Crippen LogP) is 2.62. The van der Waals surface area contributed by atoms with E-state index in [4.69, 9.17) is 4.74 Å². The molecule has 0 spiro atoms. The topological polar surface area (TPSA) is 101 Å². The lowest BCUT2D eigenvalue weighted by molar-refractivity contribution is -0.187. The molecule has 3 saturated carbocycles. The maximum atomic E-state index is 15.4. The zero-order chi connectivity index (χ0) is 23.8. The highest BCUT2D eigenvalue weighted by Gasteiger charge is 2.71. The number of ketones is 2. The minimum atomic E-state index is -1.86. The molecule has 0 heterocycles. The third-order valence-corrected chi connectivity index (χ3v) is 8.97. The Morgan fingerprint density at radius 1 is 1.28 bits per heavy atom. The molecule has 3 fully saturated rings. The van der Waals surface area contributed by atoms with E-state index in [2.05, 4.69) is 0 Å². The van der Waals surface area contributed by atoms with Gasteiger partial charge in [-0.25, -0.2) is 8.78 Å². The molecule has 0 saturated heterocycles. The van der Waals surface area contributed by atoms with Gasteiger partial charge in [0, 0.05) is 29.2 Å². The van der Waals surface area contributed by atoms with Crippen LogP contribution >= 0.6 is 0 Å². The van der Waals surface area contributed by atoms with Crippen molar-refractivity contribution in [3.05, 3.63) is 23.6 Å². The summed E-state index contributed by atoms with van der Waals surface area (Å²) >= 11 is 0. The van der Waals surface area contributed by atoms with Gasteiger partial charge in [0.1, 0.15) is 11.8 Å². The number of esters is 1. The minimum absolute atomic E-state index is 0.0503. The summed E-state index contributed by atoms with van der Waals surface area (Å²) < 4.78 is 34.9. The normalized spacial score (nSPS) is 47.6. The summed E-state index contributed by atoms with van der Waals surface area (Å²) in [5.74, 6) is -5.05. The molecule has 176 valence electrons. The number of aliphatic hydroxyl groups excluding tert-OH is 1. The monoisotopic (exact) mass is 452 g/mol. The zero-order valence-electron chi connectivity index (χ0n) is 18.7. The van der Waals surface area contributed by atoms with Gasteiger partial charge in [-0.05, 0) is 43.1 Å². The van der Waals surface area contributed by atoms with Crippen LogP contribution < -0.4 is 0 Å². The smallest absolute Gasteiger partial charge is 0.303 e. The first-order valence-corrected chi connectivity index (χ1v) is 11.1. The van der Waals surface area contributed by atoms with Crippen molar-refractivity contribution in [2.75, 3.05) is 6.61 Å². The number of Topliss-reactive ketones (excluding diaryl/α,β-unsaturated/α-hetero) is 1. The molecule has 0 amide bonds. The molecule has 0 aromatic rings. The second-order valence-corrected chi connectivity index (χ2v) is 10.5. The largest absolute Gasteiger partial charge is 0.458 e. The lowest BCUT2D eigenvalue weighted by atomic mass is 9.45. The molecule has 4 rings (SSSR count). The molecule has 2 N–H and O–H groups in total. The van der Waals surface area contributed by atoms with Gasteiger partial charge in [-0.3, -0.25) is 14.4 Å². The minimum Gasteiger partial charge on any atom is -0.458 e. The van der Waals surface area contributed by atoms with Crippen LogP contribution in [0.4, 0.5) is 8.78 Å². The maximum Gasteiger partial charge on any atom is 0.303 e. The highest BCUT2D eigenvalue weighted by atomic mass is 19.1. The second-order valence-electron chi connectivity index (χ2n) is 10.5. The Labute approximate surface area is 185 Å². The summed E-state index contributed by atoms with van der Waals surface area (Å²) in [4.78, 5) is 36.1. The van der Waals surface area contributed by atoms with Crippen LogP contribution in [0.1, 0.15) is 47.0 Å². The fourth-order valence-corrected chi connectivity index (χ4v) is 7.64. The SMILES string of the molecule is CC(=O)OCC(=O)[C@@]1(O)C(C)C[C@H]2[C@@H]3CC(F)C4=C(F)C(=O)C=C[C@]4(C)[C@H]3C(O)C[C@@]21C. The van der Waals surface area contributed by atoms with Crippen LogP contribution in [0.3, 0.4) is 0 Å². The van der Waals surface area contributed by atoms with Crippen LogP contribution in [0.15, 0.2) is 23.6 Å². The fraction of sp³-hybridized carbons (Fsp3) is 0.708. The highest BCUT2D eigenvalue weighted by Crippen LogP contribution is 2.68. The second kappa shape index (κ2) is 7.29. The highest BCUT2D eigenvalue weighted by molar-refractivity contribution is 6.04. The van der Waals surface area contributed by atoms with Gasteiger partial charge < -0.3 is 14.9 Å². The van der Waals surface area contributed by atoms with Crippen LogP contribution in [0.5, 0.6) is 0 Å². The van der Waals surface area contributed by atoms with Gasteiger partial charge in [-0.1, -0.05) is 26.8 Å². The van der Waals surface area contributed by atoms with Gasteiger partial charge >= 0.3 is 5.97 Å². The third-order valence-electron chi connectivity index (χ3n) is 8.97. The molecular weight excluding hydrogens is 422 g/mol. The van der Waals surface area contributed by atoms with Crippen molar-refractivity contribution >= 4 is 17.5 Å². The number of alkyl halides is 1. The van der Waals surface area contributed by atoms with Crippen molar-refractivity contribution in [3.63, 3.8) is 0 Å². The van der Waals surface area contributed by atoms with E-state index in [1.807, 2.05) is 0 Å². The Morgan fingerprint density at radius 3 is 2.56 bits per heavy atom. The molecule has 0 aromatic heterocycles. The summed E-state index contributed by atoms with van der Waals surface area (Å²) in [6.45, 7) is 5.71. The van der Waals surface area contributed by atoms with E-state index < -0.39 is 76.4 Å². The molecule has 4 aliphatic rings. The number of ether oxygens (including phenoxy) is 1. The van der Waals surface area contributed by atoms with Crippen LogP contribution in [-0.4, -0.2) is 52.2 Å². The third kappa shape index (κ3) is 2.84. The fourth-order valence-electron chi connectivity index (χ4n) is 7.64. The van der Waals surface area contributed by atoms with Crippen molar-refractivity contribution in [2.24, 2.45) is 34.5 Å². The van der Waals surface area contributed by atoms with Gasteiger partial charge in [0.05, 0.1) is 6.10 Å². The van der Waals surface area contributed by atoms with Crippen molar-refractivity contribution < 1.29 is 38.1 Å². The molecule has 6 nitrogen and oxygen atoms in total. The molecular formula is C24H30F2O6. The molecule has 0 radical (unpaired) electrons. The van der Waals surface area contributed by atoms with Gasteiger partial charge in [0.25, 0.3) is 0 Å². The Bertz CT molecular complexity index is 943. The molecule has 9 atom stereocenters. The number of allylic oxidation sites excluding steroid dienone is 4. The van der Waals surface area contributed by atoms with Gasteiger partial charge in [0.15, 0.2) is 12.4 Å². The number of halogens is 2. The molecule has 8 heteroatoms. The van der Waals surface area contributed by atoms with Gasteiger partial charge in [0.2, 0.25) is 11.6 Å². The molecule has 0 aromatic carbocycles. The number of hydrogen-bond acceptors (Lipinski definition) is 6. The Hall–Kier alpha value is -1.93. The number of carbonyl (C=O) groups excluding carboxylic acids is 3. The van der Waals surface area contributed by atoms with E-state index in [0.29, 0.717) is 6.42 Å². The first kappa shape index (κ1) is 23.2. The number of aliphatic hydroxyl groups is 2. The van der Waals surface area contributed by atoms with Crippen LogP contribution in [0.25, 0.3) is 0 Å². The molecule has 4 aliphatic carbocycles. The summed E-state index contributed by atoms with van der Waals surface area (Å²) in [6.07, 6.45) is 0.212. The lowest BCUT2D eigenvalue weighted by Gasteiger charge is -2.60. The van der Waals surface area contributed by atoms with Crippen LogP contribution in [0, 0.1) is 34.5 Å². The molecule has 0 bridgehead atoms. The van der Waals surface area contributed by atoms with Gasteiger partial charge in [-0.2, -0.15) is 0 Å². The van der Waals surface area contributed by atoms with Crippen molar-refractivity contribution in [1.29, 1.82) is 0 Å². The number of rotatable bonds is 3. The summed E-state index contributed by atoms with van der Waals surface area (Å²) in [7, 11) is 0. The first-order valence-electron chi connectivity index (χ1n) is 11.1. The van der Waals surface area contributed by atoms with Crippen molar-refractivity contribution in [2.45, 2.75) is 64.8 Å². The standard InChI is InChI=1S/C24H30F2O6/c1-11-7-14-13-8-15(25)20-21(26)16(28)5-6-22(20,3)19(13)17(29)9-23(14,4)24(11,31)18(30)10-32-12(2)27/h5-6,11,13-15,17,19,29,31H,7-10H2,1-4H3/t11?,13-,14-,15?,17?,19+,22+,23-,24-/m0/s1. The molecule has 0 aliphatic heterocycles. The van der Waals surface area contributed by atoms with Crippen molar-refractivity contribution in [1.82, 2.24) is 0 Å². The number of fused-ring (bicyclic) bond motifs is 5. The number of hydrogen-bond donors (Lipinski definition) is 2. The molecule has 3 unspecified atom stereocenters. The van der Waals surface area contributed by atoms with E-state index in [0.717, 1.165) is 6.08 Å².